The molecule has 0 unspecified atom stereocenters. The molecular formula is C43H69N5O11. The van der Waals surface area contributed by atoms with Gasteiger partial charge in [0.2, 0.25) is 11.4 Å². The lowest BCUT2D eigenvalue weighted by molar-refractivity contribution is -0.383. The number of nitro groups is 1. The van der Waals surface area contributed by atoms with Crippen LogP contribution in [0, 0.1) is 22.0 Å². The molecule has 2 fully saturated rings. The molecular weight excluding hydrogens is 762 g/mol. The van der Waals surface area contributed by atoms with Crippen LogP contribution >= 0.6 is 0 Å². The Balaban J connectivity index is 1.29. The highest BCUT2D eigenvalue weighted by Gasteiger charge is 2.69. The van der Waals surface area contributed by atoms with Gasteiger partial charge in [-0.25, -0.2) is 4.63 Å². The summed E-state index contributed by atoms with van der Waals surface area (Å²) in [7, 11) is 0. The number of ether oxygens (including phenoxy) is 3. The highest BCUT2D eigenvalue weighted by atomic mass is 16.6. The maximum Gasteiger partial charge on any atom is 0.305 e. The average molecular weight is 832 g/mol. The van der Waals surface area contributed by atoms with Crippen LogP contribution in [0.3, 0.4) is 0 Å². The van der Waals surface area contributed by atoms with Crippen molar-refractivity contribution in [3.05, 3.63) is 22.2 Å². The molecule has 2 aliphatic heterocycles. The number of anilines is 1. The Morgan fingerprint density at radius 3 is 1.88 bits per heavy atom. The molecule has 2 aromatic rings. The number of hydrogen-bond acceptors (Lipinski definition) is 14. The summed E-state index contributed by atoms with van der Waals surface area (Å²) in [5.74, 6) is -2.31. The zero-order valence-electron chi connectivity index (χ0n) is 35.3. The molecule has 2 bridgehead atoms. The minimum atomic E-state index is -1.48. The minimum absolute atomic E-state index is 0.0137. The van der Waals surface area contributed by atoms with Gasteiger partial charge in [0.15, 0.2) is 5.52 Å². The van der Waals surface area contributed by atoms with E-state index in [-0.39, 0.29) is 73.6 Å². The Morgan fingerprint density at radius 2 is 1.31 bits per heavy atom. The van der Waals surface area contributed by atoms with E-state index < -0.39 is 40.7 Å². The monoisotopic (exact) mass is 831 g/mol. The van der Waals surface area contributed by atoms with E-state index in [1.54, 1.807) is 0 Å². The van der Waals surface area contributed by atoms with Crippen LogP contribution in [0.4, 0.5) is 11.4 Å². The lowest BCUT2D eigenvalue weighted by atomic mass is 9.69. The van der Waals surface area contributed by atoms with Gasteiger partial charge in [0.1, 0.15) is 17.8 Å². The van der Waals surface area contributed by atoms with Crippen LogP contribution in [0.1, 0.15) is 155 Å². The largest absolute Gasteiger partial charge is 0.465 e. The maximum absolute atomic E-state index is 13.1. The Kier molecular flexibility index (Phi) is 20.8. The van der Waals surface area contributed by atoms with E-state index in [1.807, 2.05) is 0 Å². The number of carbonyl (C=O) groups excluding carboxylic acids is 3. The summed E-state index contributed by atoms with van der Waals surface area (Å²) >= 11 is 0. The van der Waals surface area contributed by atoms with Crippen LogP contribution in [-0.2, 0) is 28.6 Å². The first-order chi connectivity index (χ1) is 28.6. The SMILES string of the molecule is CCCCCCCCCCCC(=O)OC[C@@H]1[C@@H]2O[C@](CNC(=O)CCCNc3ccc([N+](=O)[O-])c4nonc34)([C@@H]1COC(=O)CCCCCCCCCCC)[C@@H](O)[C@H]2O. The van der Waals surface area contributed by atoms with Gasteiger partial charge in [0.25, 0.3) is 0 Å². The van der Waals surface area contributed by atoms with Crippen molar-refractivity contribution < 1.29 is 48.4 Å². The zero-order chi connectivity index (χ0) is 42.5. The number of nitro benzene ring substituents is 1. The number of rotatable bonds is 32. The van der Waals surface area contributed by atoms with Crippen molar-refractivity contribution in [2.24, 2.45) is 11.8 Å². The van der Waals surface area contributed by atoms with Crippen molar-refractivity contribution in [1.29, 1.82) is 0 Å². The first-order valence-corrected chi connectivity index (χ1v) is 22.4. The second-order valence-electron chi connectivity index (χ2n) is 16.4. The van der Waals surface area contributed by atoms with Gasteiger partial charge in [0, 0.05) is 50.3 Å². The van der Waals surface area contributed by atoms with E-state index in [0.717, 1.165) is 44.9 Å². The zero-order valence-corrected chi connectivity index (χ0v) is 35.3. The molecule has 1 aromatic heterocycles. The predicted molar refractivity (Wildman–Crippen MR) is 221 cm³/mol. The number of aromatic nitrogens is 2. The smallest absolute Gasteiger partial charge is 0.305 e. The molecule has 4 N–H and O–H groups in total. The third-order valence-electron chi connectivity index (χ3n) is 12.0. The van der Waals surface area contributed by atoms with Gasteiger partial charge in [-0.05, 0) is 35.6 Å². The van der Waals surface area contributed by atoms with E-state index in [0.29, 0.717) is 25.1 Å². The van der Waals surface area contributed by atoms with Crippen LogP contribution in [-0.4, -0.2) is 93.5 Å². The van der Waals surface area contributed by atoms with Crippen LogP contribution in [0.15, 0.2) is 16.8 Å². The van der Waals surface area contributed by atoms with Crippen molar-refractivity contribution in [1.82, 2.24) is 15.6 Å². The molecule has 0 radical (unpaired) electrons. The molecule has 6 atom stereocenters. The summed E-state index contributed by atoms with van der Waals surface area (Å²) in [6.45, 7) is 4.36. The number of nitrogens with zero attached hydrogens (tertiary/aromatic N) is 3. The van der Waals surface area contributed by atoms with Gasteiger partial charge in [0.05, 0.1) is 29.9 Å². The lowest BCUT2D eigenvalue weighted by Crippen LogP contribution is -2.61. The third kappa shape index (κ3) is 14.4. The Morgan fingerprint density at radius 1 is 0.763 bits per heavy atom. The Bertz CT molecular complexity index is 1590. The number of fused-ring (bicyclic) bond motifs is 3. The molecule has 16 heteroatoms. The van der Waals surface area contributed by atoms with E-state index in [9.17, 15) is 34.7 Å². The quantitative estimate of drug-likeness (QED) is 0.0243. The molecule has 0 spiro atoms. The number of nitrogens with one attached hydrogen (secondary N) is 2. The van der Waals surface area contributed by atoms with E-state index in [1.165, 1.54) is 76.3 Å². The normalized spacial score (nSPS) is 22.1. The Labute approximate surface area is 348 Å². The summed E-state index contributed by atoms with van der Waals surface area (Å²) in [6.07, 6.45) is 17.6. The van der Waals surface area contributed by atoms with Crippen molar-refractivity contribution in [2.75, 3.05) is 31.6 Å². The summed E-state index contributed by atoms with van der Waals surface area (Å²) < 4.78 is 22.5. The van der Waals surface area contributed by atoms with Crippen molar-refractivity contribution in [3.8, 4) is 0 Å². The summed E-state index contributed by atoms with van der Waals surface area (Å²) in [6, 6.07) is 2.80. The fourth-order valence-electron chi connectivity index (χ4n) is 8.47. The first-order valence-electron chi connectivity index (χ1n) is 22.4. The van der Waals surface area contributed by atoms with Gasteiger partial charge in [-0.1, -0.05) is 117 Å². The summed E-state index contributed by atoms with van der Waals surface area (Å²) in [5, 5.41) is 47.1. The topological polar surface area (TPSA) is 225 Å². The number of hydrogen-bond donors (Lipinski definition) is 4. The van der Waals surface area contributed by atoms with Crippen LogP contribution in [0.2, 0.25) is 0 Å². The number of carbonyl (C=O) groups is 3. The van der Waals surface area contributed by atoms with Crippen molar-refractivity contribution in [3.63, 3.8) is 0 Å². The second-order valence-corrected chi connectivity index (χ2v) is 16.4. The van der Waals surface area contributed by atoms with Crippen LogP contribution in [0.25, 0.3) is 11.0 Å². The third-order valence-corrected chi connectivity index (χ3v) is 12.0. The van der Waals surface area contributed by atoms with Crippen molar-refractivity contribution in [2.45, 2.75) is 179 Å². The second kappa shape index (κ2) is 25.7. The maximum atomic E-state index is 13.1. The molecule has 4 rings (SSSR count). The molecule has 0 saturated carbocycles. The van der Waals surface area contributed by atoms with Gasteiger partial charge >= 0.3 is 17.6 Å². The highest BCUT2D eigenvalue weighted by molar-refractivity contribution is 5.93. The molecule has 2 saturated heterocycles. The summed E-state index contributed by atoms with van der Waals surface area (Å²) in [4.78, 5) is 49.6. The fourth-order valence-corrected chi connectivity index (χ4v) is 8.47. The molecule has 1 amide bonds. The van der Waals surface area contributed by atoms with Crippen LogP contribution < -0.4 is 10.6 Å². The fraction of sp³-hybridized carbons (Fsp3) is 0.791. The number of benzene rings is 1. The molecule has 332 valence electrons. The molecule has 3 heterocycles. The highest BCUT2D eigenvalue weighted by Crippen LogP contribution is 2.51. The molecule has 0 aliphatic carbocycles. The van der Waals surface area contributed by atoms with Gasteiger partial charge in [-0.15, -0.1) is 0 Å². The van der Waals surface area contributed by atoms with E-state index >= 15 is 0 Å². The van der Waals surface area contributed by atoms with Crippen molar-refractivity contribution >= 4 is 40.3 Å². The average Bonchev–Trinajstić information content (AvgIpc) is 3.91. The molecule has 2 aliphatic rings. The summed E-state index contributed by atoms with van der Waals surface area (Å²) in [5.41, 5.74) is -1.03. The molecule has 1 aromatic carbocycles. The van der Waals surface area contributed by atoms with Crippen LogP contribution in [0.5, 0.6) is 0 Å². The van der Waals surface area contributed by atoms with Gasteiger partial charge < -0.3 is 35.1 Å². The van der Waals surface area contributed by atoms with Gasteiger partial charge in [-0.3, -0.25) is 24.5 Å². The number of aliphatic hydroxyl groups excluding tert-OH is 2. The lowest BCUT2D eigenvalue weighted by Gasteiger charge is -2.40. The number of amides is 1. The minimum Gasteiger partial charge on any atom is -0.465 e. The van der Waals surface area contributed by atoms with E-state index in [4.69, 9.17) is 18.8 Å². The molecule has 59 heavy (non-hydrogen) atoms. The Hall–Kier alpha value is -3.89. The first kappa shape index (κ1) is 47.8. The standard InChI is InChI=1S/C43H69N5O11/c1-3-5-7-9-11-13-15-17-19-23-36(50)56-28-31-32(29-57-37(51)24-20-18-16-14-12-10-8-6-4-2)43(42(53)40(52)41(31)58-43)30-45-35(49)22-21-27-44-33-25-26-34(48(54)55)39-38(33)46-59-47-39/h25-26,31-32,40-42,44,52-53H,3-24,27-30H2,1-2H3,(H,45,49)/t31-,32+,40-,41-,42-,43+/m0/s1. The number of esters is 2. The van der Waals surface area contributed by atoms with Gasteiger partial charge in [-0.2, -0.15) is 0 Å². The number of aliphatic hydroxyl groups is 2. The number of non-ortho nitro benzene ring substituents is 1. The molecule has 16 nitrogen and oxygen atoms in total. The van der Waals surface area contributed by atoms with E-state index in [2.05, 4.69) is 34.8 Å². The predicted octanol–water partition coefficient (Wildman–Crippen LogP) is 7.47. The number of unbranched alkanes of at least 4 members (excludes halogenated alkanes) is 16.